The molecule has 0 aromatic heterocycles. The van der Waals surface area contributed by atoms with Gasteiger partial charge in [0.2, 0.25) is 5.91 Å². The molecule has 2 aliphatic heterocycles. The molecule has 164 valence electrons. The number of amides is 2. The zero-order valence-corrected chi connectivity index (χ0v) is 17.9. The largest absolute Gasteiger partial charge is 0.497 e. The number of carbonyl (C=O) groups excluding carboxylic acids is 2. The number of nitrogens with zero attached hydrogens (tertiary/aromatic N) is 2. The van der Waals surface area contributed by atoms with Gasteiger partial charge >= 0.3 is 0 Å². The SMILES string of the molecule is COc1ccc(C(CNC(=O)c2ccc(N3CCCC3=O)cc2)N2CCOCC2)cc1. The number of hydrogen-bond donors (Lipinski definition) is 1. The molecule has 0 bridgehead atoms. The Morgan fingerprint density at radius 3 is 2.39 bits per heavy atom. The number of rotatable bonds is 7. The molecule has 2 saturated heterocycles. The first-order chi connectivity index (χ1) is 15.2. The molecule has 0 spiro atoms. The van der Waals surface area contributed by atoms with Crippen LogP contribution in [-0.4, -0.2) is 63.2 Å². The lowest BCUT2D eigenvalue weighted by molar-refractivity contribution is -0.117. The van der Waals surface area contributed by atoms with E-state index in [1.165, 1.54) is 0 Å². The number of benzene rings is 2. The molecular weight excluding hydrogens is 394 g/mol. The van der Waals surface area contributed by atoms with Crippen LogP contribution in [0.1, 0.15) is 34.8 Å². The fourth-order valence-electron chi connectivity index (χ4n) is 4.18. The number of ether oxygens (including phenoxy) is 2. The van der Waals surface area contributed by atoms with Crippen LogP contribution in [0, 0.1) is 0 Å². The summed E-state index contributed by atoms with van der Waals surface area (Å²) < 4.78 is 10.8. The molecule has 1 unspecified atom stereocenters. The summed E-state index contributed by atoms with van der Waals surface area (Å²) in [6.45, 7) is 4.27. The zero-order chi connectivity index (χ0) is 21.6. The lowest BCUT2D eigenvalue weighted by Gasteiger charge is -2.35. The van der Waals surface area contributed by atoms with E-state index in [1.54, 1.807) is 24.1 Å². The van der Waals surface area contributed by atoms with Crippen molar-refractivity contribution in [2.45, 2.75) is 18.9 Å². The van der Waals surface area contributed by atoms with Crippen molar-refractivity contribution in [3.05, 3.63) is 59.7 Å². The van der Waals surface area contributed by atoms with Gasteiger partial charge < -0.3 is 19.7 Å². The summed E-state index contributed by atoms with van der Waals surface area (Å²) >= 11 is 0. The number of methoxy groups -OCH3 is 1. The normalized spacial score (nSPS) is 18.1. The van der Waals surface area contributed by atoms with Crippen molar-refractivity contribution in [2.75, 3.05) is 51.4 Å². The van der Waals surface area contributed by atoms with Gasteiger partial charge in [-0.2, -0.15) is 0 Å². The molecule has 2 aliphatic rings. The molecule has 31 heavy (non-hydrogen) atoms. The van der Waals surface area contributed by atoms with Crippen molar-refractivity contribution in [3.63, 3.8) is 0 Å². The number of carbonyl (C=O) groups is 2. The van der Waals surface area contributed by atoms with Crippen molar-refractivity contribution >= 4 is 17.5 Å². The first-order valence-electron chi connectivity index (χ1n) is 10.8. The second-order valence-electron chi connectivity index (χ2n) is 7.84. The first-order valence-corrected chi connectivity index (χ1v) is 10.8. The van der Waals surface area contributed by atoms with Crippen molar-refractivity contribution < 1.29 is 19.1 Å². The Bertz CT molecular complexity index is 892. The summed E-state index contributed by atoms with van der Waals surface area (Å²) in [5.74, 6) is 0.834. The maximum Gasteiger partial charge on any atom is 0.251 e. The van der Waals surface area contributed by atoms with E-state index in [-0.39, 0.29) is 17.9 Å². The van der Waals surface area contributed by atoms with Crippen LogP contribution in [-0.2, 0) is 9.53 Å². The highest BCUT2D eigenvalue weighted by Crippen LogP contribution is 2.24. The Kier molecular flexibility index (Phi) is 6.84. The Balaban J connectivity index is 1.43. The van der Waals surface area contributed by atoms with Gasteiger partial charge in [-0.1, -0.05) is 12.1 Å². The average molecular weight is 424 g/mol. The van der Waals surface area contributed by atoms with Gasteiger partial charge in [0.1, 0.15) is 5.75 Å². The quantitative estimate of drug-likeness (QED) is 0.741. The predicted octanol–water partition coefficient (Wildman–Crippen LogP) is 2.63. The molecule has 2 aromatic rings. The van der Waals surface area contributed by atoms with Crippen LogP contribution in [0.15, 0.2) is 48.5 Å². The number of hydrogen-bond acceptors (Lipinski definition) is 5. The van der Waals surface area contributed by atoms with E-state index in [1.807, 2.05) is 36.4 Å². The third kappa shape index (κ3) is 5.06. The summed E-state index contributed by atoms with van der Waals surface area (Å²) in [7, 11) is 1.65. The molecule has 0 saturated carbocycles. The van der Waals surface area contributed by atoms with Gasteiger partial charge in [-0.05, 0) is 48.4 Å². The second kappa shape index (κ2) is 9.94. The second-order valence-corrected chi connectivity index (χ2v) is 7.84. The zero-order valence-electron chi connectivity index (χ0n) is 17.9. The Morgan fingerprint density at radius 1 is 1.06 bits per heavy atom. The fourth-order valence-corrected chi connectivity index (χ4v) is 4.18. The molecule has 1 atom stereocenters. The van der Waals surface area contributed by atoms with Crippen molar-refractivity contribution in [1.82, 2.24) is 10.2 Å². The summed E-state index contributed by atoms with van der Waals surface area (Å²) in [5, 5.41) is 3.09. The van der Waals surface area contributed by atoms with Crippen molar-refractivity contribution in [1.29, 1.82) is 0 Å². The minimum Gasteiger partial charge on any atom is -0.497 e. The van der Waals surface area contributed by atoms with Crippen LogP contribution < -0.4 is 15.0 Å². The third-order valence-corrected chi connectivity index (χ3v) is 5.96. The molecule has 4 rings (SSSR count). The molecule has 2 heterocycles. The highest BCUT2D eigenvalue weighted by Gasteiger charge is 2.24. The molecular formula is C24H29N3O4. The van der Waals surface area contributed by atoms with E-state index in [2.05, 4.69) is 10.2 Å². The molecule has 0 aliphatic carbocycles. The molecule has 7 nitrogen and oxygen atoms in total. The van der Waals surface area contributed by atoms with Crippen LogP contribution >= 0.6 is 0 Å². The lowest BCUT2D eigenvalue weighted by atomic mass is 10.0. The standard InChI is InChI=1S/C24H29N3O4/c1-30-21-10-6-18(7-11-21)22(26-13-15-31-16-14-26)17-25-24(29)19-4-8-20(9-5-19)27-12-2-3-23(27)28/h4-11,22H,2-3,12-17H2,1H3,(H,25,29). The number of anilines is 1. The first kappa shape index (κ1) is 21.3. The molecule has 0 radical (unpaired) electrons. The van der Waals surface area contributed by atoms with Gasteiger partial charge in [0, 0.05) is 43.9 Å². The van der Waals surface area contributed by atoms with Gasteiger partial charge in [-0.15, -0.1) is 0 Å². The average Bonchev–Trinajstić information content (AvgIpc) is 3.26. The minimum atomic E-state index is -0.119. The maximum absolute atomic E-state index is 12.8. The van der Waals surface area contributed by atoms with Gasteiger partial charge in [0.15, 0.2) is 0 Å². The third-order valence-electron chi connectivity index (χ3n) is 5.96. The fraction of sp³-hybridized carbons (Fsp3) is 0.417. The van der Waals surface area contributed by atoms with E-state index in [0.717, 1.165) is 43.1 Å². The van der Waals surface area contributed by atoms with Crippen LogP contribution in [0.3, 0.4) is 0 Å². The highest BCUT2D eigenvalue weighted by atomic mass is 16.5. The number of nitrogens with one attached hydrogen (secondary N) is 1. The van der Waals surface area contributed by atoms with E-state index in [4.69, 9.17) is 9.47 Å². The molecule has 7 heteroatoms. The summed E-state index contributed by atoms with van der Waals surface area (Å²) in [4.78, 5) is 28.8. The van der Waals surface area contributed by atoms with Gasteiger partial charge in [-0.25, -0.2) is 0 Å². The van der Waals surface area contributed by atoms with E-state index < -0.39 is 0 Å². The predicted molar refractivity (Wildman–Crippen MR) is 118 cm³/mol. The van der Waals surface area contributed by atoms with Crippen molar-refractivity contribution in [3.8, 4) is 5.75 Å². The van der Waals surface area contributed by atoms with Crippen LogP contribution in [0.25, 0.3) is 0 Å². The van der Waals surface area contributed by atoms with Gasteiger partial charge in [-0.3, -0.25) is 14.5 Å². The molecule has 1 N–H and O–H groups in total. The summed E-state index contributed by atoms with van der Waals surface area (Å²) in [6, 6.07) is 15.3. The lowest BCUT2D eigenvalue weighted by Crippen LogP contribution is -2.43. The van der Waals surface area contributed by atoms with E-state index >= 15 is 0 Å². The summed E-state index contributed by atoms with van der Waals surface area (Å²) in [5.41, 5.74) is 2.57. The van der Waals surface area contributed by atoms with Crippen molar-refractivity contribution in [2.24, 2.45) is 0 Å². The van der Waals surface area contributed by atoms with E-state index in [9.17, 15) is 9.59 Å². The van der Waals surface area contributed by atoms with Crippen LogP contribution in [0.2, 0.25) is 0 Å². The minimum absolute atomic E-state index is 0.0558. The Labute approximate surface area is 182 Å². The maximum atomic E-state index is 12.8. The summed E-state index contributed by atoms with van der Waals surface area (Å²) in [6.07, 6.45) is 1.48. The van der Waals surface area contributed by atoms with Gasteiger partial charge in [0.25, 0.3) is 5.91 Å². The van der Waals surface area contributed by atoms with Gasteiger partial charge in [0.05, 0.1) is 26.4 Å². The van der Waals surface area contributed by atoms with Crippen LogP contribution in [0.4, 0.5) is 5.69 Å². The molecule has 2 fully saturated rings. The Hall–Kier alpha value is -2.90. The van der Waals surface area contributed by atoms with E-state index in [0.29, 0.717) is 31.7 Å². The highest BCUT2D eigenvalue weighted by molar-refractivity contribution is 5.97. The smallest absolute Gasteiger partial charge is 0.251 e. The topological polar surface area (TPSA) is 71.1 Å². The van der Waals surface area contributed by atoms with Crippen LogP contribution in [0.5, 0.6) is 5.75 Å². The Morgan fingerprint density at radius 2 is 1.77 bits per heavy atom. The number of morpholine rings is 1. The molecule has 2 aromatic carbocycles. The monoisotopic (exact) mass is 423 g/mol. The molecule has 2 amide bonds.